The van der Waals surface area contributed by atoms with Crippen molar-refractivity contribution in [2.75, 3.05) is 38.2 Å². The quantitative estimate of drug-likeness (QED) is 0.832. The lowest BCUT2D eigenvalue weighted by Crippen LogP contribution is -2.60. The minimum Gasteiger partial charge on any atom is -0.497 e. The van der Waals surface area contributed by atoms with Gasteiger partial charge in [0.1, 0.15) is 5.75 Å². The average Bonchev–Trinajstić information content (AvgIpc) is 2.99. The molecule has 2 aliphatic heterocycles. The maximum absolute atomic E-state index is 12.7. The summed E-state index contributed by atoms with van der Waals surface area (Å²) >= 11 is 0. The third kappa shape index (κ3) is 3.89. The topological polar surface area (TPSA) is 81.0 Å². The van der Waals surface area contributed by atoms with E-state index >= 15 is 0 Å². The summed E-state index contributed by atoms with van der Waals surface area (Å²) in [6.45, 7) is 3.29. The van der Waals surface area contributed by atoms with Crippen molar-refractivity contribution in [3.05, 3.63) is 24.3 Å². The molecule has 7 nitrogen and oxygen atoms in total. The number of ether oxygens (including phenoxy) is 1. The largest absolute Gasteiger partial charge is 0.497 e. The zero-order valence-electron chi connectivity index (χ0n) is 17.1. The van der Waals surface area contributed by atoms with Crippen LogP contribution in [0.4, 0.5) is 5.69 Å². The fourth-order valence-electron chi connectivity index (χ4n) is 4.77. The van der Waals surface area contributed by atoms with E-state index in [0.29, 0.717) is 5.96 Å². The maximum Gasteiger partial charge on any atom is 0.246 e. The number of methoxy groups -OCH3 is 1. The standard InChI is InChI=1S/C22H29N5O2/c1-29-18-8-6-17(7-9-18)26-12-14-27(15-13-26)21-24-20(28)19(16-23)22(25-21)10-4-2-3-5-11-22/h6-9,19H,2-5,10-15H2,1H3,(H,24,25,28). The van der Waals surface area contributed by atoms with Gasteiger partial charge in [0.25, 0.3) is 0 Å². The first-order valence-corrected chi connectivity index (χ1v) is 10.6. The van der Waals surface area contributed by atoms with Crippen LogP contribution in [-0.2, 0) is 4.79 Å². The van der Waals surface area contributed by atoms with Gasteiger partial charge in [-0.05, 0) is 37.1 Å². The molecule has 29 heavy (non-hydrogen) atoms. The minimum absolute atomic E-state index is 0.183. The number of carbonyl (C=O) groups excluding carboxylic acids is 1. The Labute approximate surface area is 172 Å². The molecule has 1 spiro atoms. The van der Waals surface area contributed by atoms with E-state index in [2.05, 4.69) is 33.3 Å². The third-order valence-electron chi connectivity index (χ3n) is 6.48. The van der Waals surface area contributed by atoms with Gasteiger partial charge < -0.3 is 14.5 Å². The molecule has 1 N–H and O–H groups in total. The van der Waals surface area contributed by atoms with Crippen LogP contribution >= 0.6 is 0 Å². The van der Waals surface area contributed by atoms with Crippen LogP contribution < -0.4 is 15.0 Å². The molecule has 1 saturated heterocycles. The van der Waals surface area contributed by atoms with Crippen LogP contribution in [0.25, 0.3) is 0 Å². The number of hydrogen-bond donors (Lipinski definition) is 1. The molecule has 0 aromatic heterocycles. The number of aliphatic imine (C=N–C) groups is 1. The molecule has 2 fully saturated rings. The average molecular weight is 396 g/mol. The highest BCUT2D eigenvalue weighted by Gasteiger charge is 2.47. The zero-order valence-corrected chi connectivity index (χ0v) is 17.1. The van der Waals surface area contributed by atoms with E-state index in [-0.39, 0.29) is 5.91 Å². The molecule has 1 atom stereocenters. The van der Waals surface area contributed by atoms with Crippen molar-refractivity contribution < 1.29 is 9.53 Å². The van der Waals surface area contributed by atoms with Crippen LogP contribution in [0, 0.1) is 17.2 Å². The summed E-state index contributed by atoms with van der Waals surface area (Å²) in [5.74, 6) is 0.659. The number of piperazine rings is 1. The van der Waals surface area contributed by atoms with E-state index in [1.165, 1.54) is 5.69 Å². The molecule has 1 aromatic carbocycles. The first kappa shape index (κ1) is 19.6. The van der Waals surface area contributed by atoms with Crippen LogP contribution in [0.15, 0.2) is 29.3 Å². The van der Waals surface area contributed by atoms with Crippen molar-refractivity contribution in [1.29, 1.82) is 5.26 Å². The van der Waals surface area contributed by atoms with E-state index < -0.39 is 11.5 Å². The predicted molar refractivity (Wildman–Crippen MR) is 112 cm³/mol. The smallest absolute Gasteiger partial charge is 0.246 e. The monoisotopic (exact) mass is 395 g/mol. The van der Waals surface area contributed by atoms with Crippen molar-refractivity contribution in [3.63, 3.8) is 0 Å². The molecule has 154 valence electrons. The third-order valence-corrected chi connectivity index (χ3v) is 6.48. The normalized spacial score (nSPS) is 24.3. The number of rotatable bonds is 2. The number of nitriles is 1. The highest BCUT2D eigenvalue weighted by atomic mass is 16.5. The number of anilines is 1. The van der Waals surface area contributed by atoms with Gasteiger partial charge >= 0.3 is 0 Å². The number of nitrogens with one attached hydrogen (secondary N) is 1. The van der Waals surface area contributed by atoms with Crippen molar-refractivity contribution >= 4 is 17.6 Å². The number of guanidine groups is 1. The molecule has 1 saturated carbocycles. The molecule has 7 heteroatoms. The van der Waals surface area contributed by atoms with E-state index in [1.807, 2.05) is 12.1 Å². The van der Waals surface area contributed by atoms with E-state index in [4.69, 9.17) is 9.73 Å². The number of amides is 1. The summed E-state index contributed by atoms with van der Waals surface area (Å²) in [7, 11) is 1.67. The van der Waals surface area contributed by atoms with E-state index in [1.54, 1.807) is 7.11 Å². The molecule has 3 aliphatic rings. The van der Waals surface area contributed by atoms with Gasteiger partial charge in [0, 0.05) is 31.9 Å². The van der Waals surface area contributed by atoms with Gasteiger partial charge in [-0.2, -0.15) is 5.26 Å². The van der Waals surface area contributed by atoms with Gasteiger partial charge in [-0.15, -0.1) is 0 Å². The highest BCUT2D eigenvalue weighted by Crippen LogP contribution is 2.39. The van der Waals surface area contributed by atoms with Crippen LogP contribution in [0.3, 0.4) is 0 Å². The van der Waals surface area contributed by atoms with Crippen molar-refractivity contribution in [3.8, 4) is 11.8 Å². The molecule has 1 unspecified atom stereocenters. The number of carbonyl (C=O) groups is 1. The molecule has 2 heterocycles. The molecule has 1 aliphatic carbocycles. The second kappa shape index (κ2) is 8.32. The maximum atomic E-state index is 12.7. The first-order valence-electron chi connectivity index (χ1n) is 10.6. The van der Waals surface area contributed by atoms with Gasteiger partial charge in [-0.25, -0.2) is 4.99 Å². The summed E-state index contributed by atoms with van der Waals surface area (Å²) in [5.41, 5.74) is 0.626. The molecule has 0 bridgehead atoms. The van der Waals surface area contributed by atoms with Crippen molar-refractivity contribution in [2.24, 2.45) is 10.9 Å². The number of nitrogens with zero attached hydrogens (tertiary/aromatic N) is 4. The Hall–Kier alpha value is -2.75. The molecule has 0 radical (unpaired) electrons. The Morgan fingerprint density at radius 2 is 1.69 bits per heavy atom. The number of hydrogen-bond acceptors (Lipinski definition) is 6. The molecule has 1 aromatic rings. The Bertz CT molecular complexity index is 797. The Morgan fingerprint density at radius 1 is 1.07 bits per heavy atom. The summed E-state index contributed by atoms with van der Waals surface area (Å²) < 4.78 is 5.24. The minimum atomic E-state index is -0.676. The second-order valence-electron chi connectivity index (χ2n) is 8.18. The van der Waals surface area contributed by atoms with E-state index in [0.717, 1.165) is 70.5 Å². The lowest BCUT2D eigenvalue weighted by Gasteiger charge is -2.42. The second-order valence-corrected chi connectivity index (χ2v) is 8.18. The van der Waals surface area contributed by atoms with Crippen LogP contribution in [0.5, 0.6) is 5.75 Å². The molecular weight excluding hydrogens is 366 g/mol. The van der Waals surface area contributed by atoms with Gasteiger partial charge in [0.05, 0.1) is 18.7 Å². The van der Waals surface area contributed by atoms with E-state index in [9.17, 15) is 10.1 Å². The van der Waals surface area contributed by atoms with Gasteiger partial charge in [0.15, 0.2) is 5.92 Å². The van der Waals surface area contributed by atoms with Crippen LogP contribution in [0.2, 0.25) is 0 Å². The van der Waals surface area contributed by atoms with Gasteiger partial charge in [0.2, 0.25) is 11.9 Å². The fraction of sp³-hybridized carbons (Fsp3) is 0.591. The summed E-state index contributed by atoms with van der Waals surface area (Å²) in [4.78, 5) is 22.3. The van der Waals surface area contributed by atoms with Crippen LogP contribution in [-0.4, -0.2) is 55.6 Å². The zero-order chi connectivity index (χ0) is 20.3. The summed E-state index contributed by atoms with van der Waals surface area (Å²) in [5, 5.41) is 12.6. The summed E-state index contributed by atoms with van der Waals surface area (Å²) in [6.07, 6.45) is 6.04. The molecule has 4 rings (SSSR count). The SMILES string of the molecule is COc1ccc(N2CCN(C3=NC4(CCCCCC4)C(C#N)C(=O)N3)CC2)cc1. The highest BCUT2D eigenvalue weighted by molar-refractivity contribution is 6.02. The van der Waals surface area contributed by atoms with Crippen LogP contribution in [0.1, 0.15) is 38.5 Å². The summed E-state index contributed by atoms with van der Waals surface area (Å²) in [6, 6.07) is 10.4. The van der Waals surface area contributed by atoms with Crippen molar-refractivity contribution in [1.82, 2.24) is 10.2 Å². The van der Waals surface area contributed by atoms with Gasteiger partial charge in [-0.3, -0.25) is 10.1 Å². The Kier molecular flexibility index (Phi) is 5.61. The molecular formula is C22H29N5O2. The lowest BCUT2D eigenvalue weighted by atomic mass is 9.77. The predicted octanol–water partition coefficient (Wildman–Crippen LogP) is 2.54. The lowest BCUT2D eigenvalue weighted by molar-refractivity contribution is -0.124. The Balaban J connectivity index is 1.49. The van der Waals surface area contributed by atoms with Gasteiger partial charge in [-0.1, -0.05) is 25.7 Å². The number of benzene rings is 1. The Morgan fingerprint density at radius 3 is 2.28 bits per heavy atom. The first-order chi connectivity index (χ1) is 14.1. The molecule has 1 amide bonds. The fourth-order valence-corrected chi connectivity index (χ4v) is 4.77. The van der Waals surface area contributed by atoms with Crippen molar-refractivity contribution in [2.45, 2.75) is 44.1 Å².